The van der Waals surface area contributed by atoms with Crippen molar-refractivity contribution in [3.8, 4) is 17.1 Å². The zero-order valence-electron chi connectivity index (χ0n) is 26.1. The van der Waals surface area contributed by atoms with E-state index in [1.54, 1.807) is 72.2 Å². The van der Waals surface area contributed by atoms with Crippen LogP contribution in [0, 0.1) is 5.92 Å². The summed E-state index contributed by atoms with van der Waals surface area (Å²) < 4.78 is 11.3. The van der Waals surface area contributed by atoms with Crippen molar-refractivity contribution in [2.75, 3.05) is 45.7 Å². The summed E-state index contributed by atoms with van der Waals surface area (Å²) in [5.41, 5.74) is 0.566. The Morgan fingerprint density at radius 2 is 1.67 bits per heavy atom. The molecule has 45 heavy (non-hydrogen) atoms. The molecule has 0 radical (unpaired) electrons. The minimum absolute atomic E-state index is 0.0236. The van der Waals surface area contributed by atoms with Gasteiger partial charge in [-0.05, 0) is 75.9 Å². The van der Waals surface area contributed by atoms with Gasteiger partial charge in [-0.2, -0.15) is 0 Å². The van der Waals surface area contributed by atoms with Crippen LogP contribution in [0.15, 0.2) is 48.5 Å². The smallest absolute Gasteiger partial charge is 0.410 e. The highest BCUT2D eigenvalue weighted by Gasteiger charge is 2.32. The lowest BCUT2D eigenvalue weighted by Crippen LogP contribution is -2.45. The summed E-state index contributed by atoms with van der Waals surface area (Å²) in [6.07, 6.45) is 1.99. The lowest BCUT2D eigenvalue weighted by molar-refractivity contribution is -0.108. The maximum atomic E-state index is 14.2. The van der Waals surface area contributed by atoms with Gasteiger partial charge < -0.3 is 29.4 Å². The summed E-state index contributed by atoms with van der Waals surface area (Å²) in [5.74, 6) is -0.116. The standard InChI is InChI=1S/C30H33Cl2N5O5.C2H6O/c1-30(2,3)42-29(41)35-14-12-20(13-15-35)18-36(16-17-38)28(40)25-26(33-19-39)34-27(23-6-4-5-7-24(23)32)37(25)22-10-8-21(31)9-11-22;1-3-2/h4-11,17,19-20H,12-16,18H2,1-3H3,(H,33,39);1-2H3. The number of carbonyl (C=O) groups is 4. The van der Waals surface area contributed by atoms with Crippen LogP contribution in [0.3, 0.4) is 0 Å². The van der Waals surface area contributed by atoms with E-state index in [9.17, 15) is 19.2 Å². The van der Waals surface area contributed by atoms with Gasteiger partial charge in [-0.25, -0.2) is 9.78 Å². The van der Waals surface area contributed by atoms with Crippen LogP contribution in [0.2, 0.25) is 10.0 Å². The zero-order chi connectivity index (χ0) is 33.1. The van der Waals surface area contributed by atoms with E-state index in [1.165, 1.54) is 4.90 Å². The molecule has 0 saturated carbocycles. The first-order chi connectivity index (χ1) is 21.4. The zero-order valence-corrected chi connectivity index (χ0v) is 27.6. The van der Waals surface area contributed by atoms with Crippen LogP contribution in [0.5, 0.6) is 0 Å². The summed E-state index contributed by atoms with van der Waals surface area (Å²) in [4.78, 5) is 57.8. The van der Waals surface area contributed by atoms with Gasteiger partial charge in [0.2, 0.25) is 6.41 Å². The number of imidazole rings is 1. The van der Waals surface area contributed by atoms with Crippen LogP contribution in [0.25, 0.3) is 17.1 Å². The van der Waals surface area contributed by atoms with Gasteiger partial charge in [0.25, 0.3) is 5.91 Å². The third-order valence-electron chi connectivity index (χ3n) is 6.80. The molecule has 1 aromatic heterocycles. The van der Waals surface area contributed by atoms with Crippen LogP contribution in [0.1, 0.15) is 44.1 Å². The number of halogens is 2. The topological polar surface area (TPSA) is 123 Å². The molecule has 1 fully saturated rings. The fraction of sp³-hybridized carbons (Fsp3) is 0.406. The van der Waals surface area contributed by atoms with Gasteiger partial charge >= 0.3 is 6.09 Å². The molecule has 0 unspecified atom stereocenters. The Kier molecular flexibility index (Phi) is 13.0. The molecule has 3 aromatic rings. The molecule has 242 valence electrons. The van der Waals surface area contributed by atoms with Crippen molar-refractivity contribution in [3.05, 3.63) is 64.3 Å². The molecule has 13 heteroatoms. The van der Waals surface area contributed by atoms with E-state index in [-0.39, 0.29) is 36.6 Å². The summed E-state index contributed by atoms with van der Waals surface area (Å²) in [5, 5.41) is 3.45. The molecule has 1 aliphatic heterocycles. The second-order valence-corrected chi connectivity index (χ2v) is 12.2. The van der Waals surface area contributed by atoms with Crippen molar-refractivity contribution in [2.24, 2.45) is 5.92 Å². The van der Waals surface area contributed by atoms with Crippen molar-refractivity contribution in [2.45, 2.75) is 39.2 Å². The number of ether oxygens (including phenoxy) is 2. The predicted octanol–water partition coefficient (Wildman–Crippen LogP) is 5.97. The molecule has 1 N–H and O–H groups in total. The van der Waals surface area contributed by atoms with E-state index in [2.05, 4.69) is 15.0 Å². The largest absolute Gasteiger partial charge is 0.444 e. The lowest BCUT2D eigenvalue weighted by Gasteiger charge is -2.35. The number of nitrogens with one attached hydrogen (secondary N) is 1. The third kappa shape index (κ3) is 9.53. The van der Waals surface area contributed by atoms with E-state index < -0.39 is 11.5 Å². The van der Waals surface area contributed by atoms with Gasteiger partial charge in [0.05, 0.1) is 11.6 Å². The van der Waals surface area contributed by atoms with Crippen LogP contribution in [0.4, 0.5) is 10.6 Å². The molecule has 2 aromatic carbocycles. The lowest BCUT2D eigenvalue weighted by atomic mass is 9.96. The van der Waals surface area contributed by atoms with Gasteiger partial charge in [-0.1, -0.05) is 35.3 Å². The number of hydrogen-bond acceptors (Lipinski definition) is 7. The van der Waals surface area contributed by atoms with Crippen LogP contribution in [-0.4, -0.2) is 90.0 Å². The highest BCUT2D eigenvalue weighted by molar-refractivity contribution is 6.33. The summed E-state index contributed by atoms with van der Waals surface area (Å²) in [6, 6.07) is 13.8. The number of piperidine rings is 1. The Bertz CT molecular complexity index is 1460. The molecular weight excluding hydrogens is 621 g/mol. The Hall–Kier alpha value is -3.93. The van der Waals surface area contributed by atoms with Crippen molar-refractivity contribution in [1.29, 1.82) is 0 Å². The molecule has 0 atom stereocenters. The average molecular weight is 661 g/mol. The summed E-state index contributed by atoms with van der Waals surface area (Å²) in [7, 11) is 3.25. The van der Waals surface area contributed by atoms with Crippen LogP contribution >= 0.6 is 23.2 Å². The fourth-order valence-corrected chi connectivity index (χ4v) is 5.20. The van der Waals surface area contributed by atoms with E-state index in [0.717, 1.165) is 0 Å². The number of benzene rings is 2. The number of rotatable bonds is 9. The average Bonchev–Trinajstić information content (AvgIpc) is 3.36. The molecule has 2 heterocycles. The maximum absolute atomic E-state index is 14.2. The highest BCUT2D eigenvalue weighted by Crippen LogP contribution is 2.34. The molecule has 0 bridgehead atoms. The summed E-state index contributed by atoms with van der Waals surface area (Å²) in [6.45, 7) is 6.51. The second kappa shape index (κ2) is 16.4. The van der Waals surface area contributed by atoms with Crippen molar-refractivity contribution < 1.29 is 28.7 Å². The Morgan fingerprint density at radius 3 is 2.22 bits per heavy atom. The van der Waals surface area contributed by atoms with Gasteiger partial charge in [0.1, 0.15) is 17.7 Å². The first-order valence-corrected chi connectivity index (χ1v) is 15.1. The number of hydrogen-bond donors (Lipinski definition) is 1. The van der Waals surface area contributed by atoms with Gasteiger partial charge in [-0.15, -0.1) is 0 Å². The number of nitrogens with zero attached hydrogens (tertiary/aromatic N) is 4. The molecule has 1 saturated heterocycles. The number of aromatic nitrogens is 2. The first-order valence-electron chi connectivity index (χ1n) is 14.4. The molecule has 1 aliphatic rings. The normalized spacial score (nSPS) is 13.4. The Morgan fingerprint density at radius 1 is 1.04 bits per heavy atom. The maximum Gasteiger partial charge on any atom is 0.410 e. The quantitative estimate of drug-likeness (QED) is 0.281. The second-order valence-electron chi connectivity index (χ2n) is 11.4. The minimum atomic E-state index is -0.593. The van der Waals surface area contributed by atoms with E-state index >= 15 is 0 Å². The van der Waals surface area contributed by atoms with E-state index in [1.807, 2.05) is 20.8 Å². The summed E-state index contributed by atoms with van der Waals surface area (Å²) >= 11 is 12.7. The van der Waals surface area contributed by atoms with Gasteiger partial charge in [-0.3, -0.25) is 14.2 Å². The SMILES string of the molecule is CC(C)(C)OC(=O)N1CCC(CN(CC=O)C(=O)c2c(NC=O)nc(-c3ccccc3Cl)n2-c2ccc(Cl)cc2)CC1.COC. The van der Waals surface area contributed by atoms with Crippen molar-refractivity contribution in [3.63, 3.8) is 0 Å². The van der Waals surface area contributed by atoms with Gasteiger partial charge in [0, 0.05) is 50.1 Å². The van der Waals surface area contributed by atoms with Crippen LogP contribution < -0.4 is 5.32 Å². The Labute approximate surface area is 273 Å². The van der Waals surface area contributed by atoms with Crippen molar-refractivity contribution >= 4 is 53.7 Å². The van der Waals surface area contributed by atoms with Crippen LogP contribution in [-0.2, 0) is 19.1 Å². The number of aldehydes is 1. The fourth-order valence-electron chi connectivity index (χ4n) is 4.86. The molecule has 0 aliphatic carbocycles. The minimum Gasteiger partial charge on any atom is -0.444 e. The molecule has 11 nitrogen and oxygen atoms in total. The number of amides is 3. The molecular formula is C32H39Cl2N5O6. The monoisotopic (exact) mass is 659 g/mol. The number of anilines is 1. The first kappa shape index (κ1) is 35.5. The molecule has 4 rings (SSSR count). The molecule has 3 amide bonds. The van der Waals surface area contributed by atoms with E-state index in [0.29, 0.717) is 65.7 Å². The molecule has 0 spiro atoms. The number of likely N-dealkylation sites (tertiary alicyclic amines) is 1. The van der Waals surface area contributed by atoms with E-state index in [4.69, 9.17) is 27.9 Å². The predicted molar refractivity (Wildman–Crippen MR) is 174 cm³/mol. The third-order valence-corrected chi connectivity index (χ3v) is 7.38. The Balaban J connectivity index is 0.00000177. The van der Waals surface area contributed by atoms with Gasteiger partial charge in [0.15, 0.2) is 11.5 Å². The number of methoxy groups -OCH3 is 1. The highest BCUT2D eigenvalue weighted by atomic mass is 35.5. The number of carbonyl (C=O) groups excluding carboxylic acids is 4. The van der Waals surface area contributed by atoms with Crippen molar-refractivity contribution in [1.82, 2.24) is 19.4 Å².